The highest BCUT2D eigenvalue weighted by molar-refractivity contribution is 8.08. The summed E-state index contributed by atoms with van der Waals surface area (Å²) in [5.74, 6) is -0.506. The zero-order chi connectivity index (χ0) is 25.2. The molecule has 0 spiro atoms. The van der Waals surface area contributed by atoms with Crippen LogP contribution in [0.15, 0.2) is 62.2 Å². The molecule has 2 aromatic carbocycles. The fourth-order valence-corrected chi connectivity index (χ4v) is 7.20. The number of hydrogen-bond donors (Lipinski definition) is 1. The molecule has 0 bridgehead atoms. The van der Waals surface area contributed by atoms with E-state index < -0.39 is 20.9 Å². The lowest BCUT2D eigenvalue weighted by molar-refractivity contribution is -0.112. The minimum Gasteiger partial charge on any atom is -0.337 e. The molecular weight excluding hydrogens is 532 g/mol. The second-order valence-electron chi connectivity index (χ2n) is 7.80. The molecule has 0 fully saturated rings. The number of benzene rings is 2. The fourth-order valence-electron chi connectivity index (χ4n) is 3.84. The minimum atomic E-state index is -4.46. The van der Waals surface area contributed by atoms with Crippen LogP contribution in [-0.4, -0.2) is 36.2 Å². The Kier molecular flexibility index (Phi) is 5.68. The molecule has 0 aliphatic carbocycles. The number of carbonyl (C=O) groups excluding carboxylic acids is 1. The lowest BCUT2D eigenvalue weighted by Gasteiger charge is -2.14. The SMILES string of the molecule is CC1=NN(c2ccc(S(=O)(=O)O)cc2Cl)C(=O)C1=c1sc(=C2Sc3ccccc3N2C)c(=O)n1C. The number of rotatable bonds is 2. The third-order valence-corrected chi connectivity index (χ3v) is 9.37. The van der Waals surface area contributed by atoms with Gasteiger partial charge in [-0.05, 0) is 37.3 Å². The van der Waals surface area contributed by atoms with Crippen molar-refractivity contribution in [2.24, 2.45) is 12.1 Å². The van der Waals surface area contributed by atoms with Crippen LogP contribution in [0.1, 0.15) is 6.92 Å². The van der Waals surface area contributed by atoms with Crippen molar-refractivity contribution in [3.05, 3.63) is 67.0 Å². The van der Waals surface area contributed by atoms with Gasteiger partial charge in [0, 0.05) is 19.0 Å². The number of amides is 1. The molecule has 13 heteroatoms. The number of para-hydroxylation sites is 1. The third-order valence-electron chi connectivity index (χ3n) is 5.61. The highest BCUT2D eigenvalue weighted by Crippen LogP contribution is 2.45. The van der Waals surface area contributed by atoms with E-state index in [0.29, 0.717) is 14.9 Å². The van der Waals surface area contributed by atoms with Gasteiger partial charge in [-0.25, -0.2) is 0 Å². The van der Waals surface area contributed by atoms with Crippen LogP contribution >= 0.6 is 34.7 Å². The largest absolute Gasteiger partial charge is 0.337 e. The van der Waals surface area contributed by atoms with Gasteiger partial charge in [-0.3, -0.25) is 14.1 Å². The normalized spacial score (nSPS) is 18.9. The number of carbonyl (C=O) groups is 1. The van der Waals surface area contributed by atoms with Gasteiger partial charge in [0.2, 0.25) is 0 Å². The third kappa shape index (κ3) is 3.81. The van der Waals surface area contributed by atoms with Crippen LogP contribution < -0.4 is 24.7 Å². The Morgan fingerprint density at radius 2 is 1.77 bits per heavy atom. The first-order valence-electron chi connectivity index (χ1n) is 10.1. The molecule has 180 valence electrons. The molecule has 1 aromatic heterocycles. The predicted molar refractivity (Wildman–Crippen MR) is 138 cm³/mol. The summed E-state index contributed by atoms with van der Waals surface area (Å²) in [5, 5.41) is 6.07. The zero-order valence-electron chi connectivity index (χ0n) is 18.5. The van der Waals surface area contributed by atoms with Gasteiger partial charge in [0.1, 0.15) is 14.2 Å². The van der Waals surface area contributed by atoms with Crippen molar-refractivity contribution in [2.45, 2.75) is 16.7 Å². The minimum absolute atomic E-state index is 0.0793. The second-order valence-corrected chi connectivity index (χ2v) is 11.7. The van der Waals surface area contributed by atoms with Crippen LogP contribution in [0.5, 0.6) is 0 Å². The number of fused-ring (bicyclic) bond motifs is 1. The van der Waals surface area contributed by atoms with Crippen molar-refractivity contribution in [3.8, 4) is 0 Å². The first-order valence-corrected chi connectivity index (χ1v) is 13.6. The highest BCUT2D eigenvalue weighted by Gasteiger charge is 2.33. The predicted octanol–water partition coefficient (Wildman–Crippen LogP) is 2.23. The molecule has 0 atom stereocenters. The Hall–Kier alpha value is -2.90. The molecule has 2 aliphatic rings. The number of halogens is 1. The van der Waals surface area contributed by atoms with E-state index in [4.69, 9.17) is 11.6 Å². The summed E-state index contributed by atoms with van der Waals surface area (Å²) in [6.45, 7) is 1.65. The highest BCUT2D eigenvalue weighted by atomic mass is 35.5. The molecule has 0 radical (unpaired) electrons. The van der Waals surface area contributed by atoms with Crippen molar-refractivity contribution in [2.75, 3.05) is 17.0 Å². The number of hydrazone groups is 1. The van der Waals surface area contributed by atoms with Crippen molar-refractivity contribution < 1.29 is 17.8 Å². The van der Waals surface area contributed by atoms with E-state index in [1.165, 1.54) is 33.7 Å². The van der Waals surface area contributed by atoms with E-state index in [-0.39, 0.29) is 21.8 Å². The summed E-state index contributed by atoms with van der Waals surface area (Å²) < 4.78 is 34.4. The van der Waals surface area contributed by atoms with Crippen LogP contribution in [0.4, 0.5) is 11.4 Å². The van der Waals surface area contributed by atoms with Gasteiger partial charge in [0.15, 0.2) is 0 Å². The summed E-state index contributed by atoms with van der Waals surface area (Å²) in [5.41, 5.74) is 1.56. The molecule has 3 heterocycles. The zero-order valence-corrected chi connectivity index (χ0v) is 21.7. The molecule has 0 unspecified atom stereocenters. The van der Waals surface area contributed by atoms with Gasteiger partial charge < -0.3 is 9.47 Å². The second kappa shape index (κ2) is 8.35. The Morgan fingerprint density at radius 3 is 2.43 bits per heavy atom. The van der Waals surface area contributed by atoms with Gasteiger partial charge in [-0.15, -0.1) is 11.3 Å². The van der Waals surface area contributed by atoms with Gasteiger partial charge in [-0.1, -0.05) is 35.5 Å². The molecule has 35 heavy (non-hydrogen) atoms. The maximum atomic E-state index is 13.4. The number of aromatic nitrogens is 1. The van der Waals surface area contributed by atoms with Crippen LogP contribution in [0.3, 0.4) is 0 Å². The van der Waals surface area contributed by atoms with Gasteiger partial charge in [0.05, 0.1) is 32.6 Å². The summed E-state index contributed by atoms with van der Waals surface area (Å²) in [6, 6.07) is 11.3. The number of hydrogen-bond acceptors (Lipinski definition) is 8. The molecule has 0 saturated carbocycles. The van der Waals surface area contributed by atoms with Crippen molar-refractivity contribution in [1.82, 2.24) is 4.57 Å². The van der Waals surface area contributed by atoms with Crippen molar-refractivity contribution in [1.29, 1.82) is 0 Å². The van der Waals surface area contributed by atoms with Crippen LogP contribution in [0.2, 0.25) is 5.02 Å². The molecule has 3 aromatic rings. The van der Waals surface area contributed by atoms with Gasteiger partial charge in [-0.2, -0.15) is 18.5 Å². The average Bonchev–Trinajstić information content (AvgIpc) is 3.39. The molecule has 9 nitrogen and oxygen atoms in total. The Bertz CT molecular complexity index is 1760. The van der Waals surface area contributed by atoms with E-state index in [1.807, 2.05) is 36.2 Å². The average molecular weight is 549 g/mol. The molecular formula is C22H17ClN4O5S3. The van der Waals surface area contributed by atoms with Gasteiger partial charge in [0.25, 0.3) is 21.6 Å². The van der Waals surface area contributed by atoms with E-state index in [0.717, 1.165) is 32.8 Å². The first kappa shape index (κ1) is 23.8. The summed E-state index contributed by atoms with van der Waals surface area (Å²) in [6.07, 6.45) is 0. The van der Waals surface area contributed by atoms with Crippen LogP contribution in [-0.2, 0) is 22.0 Å². The molecule has 5 rings (SSSR count). The maximum Gasteiger partial charge on any atom is 0.294 e. The lowest BCUT2D eigenvalue weighted by Crippen LogP contribution is -2.33. The monoisotopic (exact) mass is 548 g/mol. The Labute approximate surface area is 213 Å². The molecule has 2 aliphatic heterocycles. The molecule has 1 amide bonds. The van der Waals surface area contributed by atoms with Crippen LogP contribution in [0.25, 0.3) is 10.6 Å². The summed E-state index contributed by atoms with van der Waals surface area (Å²) >= 11 is 8.93. The standard InChI is InChI=1S/C22H17ClN4O5S3/c1-11-17(19(28)27(24-11)14-9-8-12(10-13(14)23)35(30,31)32)21-26(3)20(29)18(34-21)22-25(2)15-6-4-5-7-16(15)33-22/h4-10H,1-3H3,(H,30,31,32). The molecule has 1 N–H and O–H groups in total. The van der Waals surface area contributed by atoms with Crippen molar-refractivity contribution in [3.63, 3.8) is 0 Å². The summed E-state index contributed by atoms with van der Waals surface area (Å²) in [4.78, 5) is 29.2. The Balaban J connectivity index is 1.65. The van der Waals surface area contributed by atoms with E-state index in [1.54, 1.807) is 14.0 Å². The first-order chi connectivity index (χ1) is 16.5. The topological polar surface area (TPSA) is 112 Å². The number of nitrogens with zero attached hydrogens (tertiary/aromatic N) is 4. The lowest BCUT2D eigenvalue weighted by atomic mass is 10.2. The van der Waals surface area contributed by atoms with E-state index >= 15 is 0 Å². The van der Waals surface area contributed by atoms with Crippen LogP contribution in [0, 0.1) is 0 Å². The number of anilines is 2. The van der Waals surface area contributed by atoms with E-state index in [2.05, 4.69) is 5.10 Å². The van der Waals surface area contributed by atoms with Crippen molar-refractivity contribution >= 4 is 78.4 Å². The fraction of sp³-hybridized carbons (Fsp3) is 0.136. The Morgan fingerprint density at radius 1 is 1.06 bits per heavy atom. The number of thiazole rings is 1. The smallest absolute Gasteiger partial charge is 0.294 e. The van der Waals surface area contributed by atoms with Gasteiger partial charge >= 0.3 is 0 Å². The number of thioether (sulfide) groups is 1. The summed E-state index contributed by atoms with van der Waals surface area (Å²) in [7, 11) is -0.955. The quantitative estimate of drug-likeness (QED) is 0.489. The molecule has 0 saturated heterocycles. The maximum absolute atomic E-state index is 13.4. The van der Waals surface area contributed by atoms with E-state index in [9.17, 15) is 22.6 Å².